The maximum Gasteiger partial charge on any atom is 0.418 e. The zero-order chi connectivity index (χ0) is 14.4. The largest absolute Gasteiger partial charge is 0.464 e. The molecule has 0 amide bonds. The van der Waals surface area contributed by atoms with Crippen LogP contribution in [-0.2, 0) is 12.8 Å². The van der Waals surface area contributed by atoms with Crippen LogP contribution in [0.25, 0.3) is 0 Å². The van der Waals surface area contributed by atoms with Crippen molar-refractivity contribution in [3.05, 3.63) is 70.1 Å². The van der Waals surface area contributed by atoms with Crippen molar-refractivity contribution in [2.75, 3.05) is 0 Å². The smallest absolute Gasteiger partial charge is 0.418 e. The summed E-state index contributed by atoms with van der Waals surface area (Å²) in [6, 6.07) is 13.4. The van der Waals surface area contributed by atoms with Gasteiger partial charge in [-0.05, 0) is 42.9 Å². The monoisotopic (exact) mass is 271 g/mol. The molecule has 20 heavy (non-hydrogen) atoms. The van der Waals surface area contributed by atoms with Crippen molar-refractivity contribution in [3.63, 3.8) is 0 Å². The second-order valence-corrected chi connectivity index (χ2v) is 4.72. The fraction of sp³-hybridized carbons (Fsp3) is 0.250. The average molecular weight is 271 g/mol. The molecule has 1 aromatic carbocycles. The Balaban J connectivity index is 1.84. The molecule has 2 aromatic rings. The van der Waals surface area contributed by atoms with Crippen LogP contribution in [0, 0.1) is 0 Å². The Labute approximate surface area is 117 Å². The maximum absolute atomic E-state index is 11.5. The third-order valence-corrected chi connectivity index (χ3v) is 3.21. The molecule has 0 aliphatic heterocycles. The number of benzene rings is 1. The number of carboxylic acid groups (broad SMARTS) is 1. The lowest BCUT2D eigenvalue weighted by Crippen LogP contribution is -2.24. The van der Waals surface area contributed by atoms with Crippen LogP contribution in [0.4, 0.5) is 4.79 Å². The summed E-state index contributed by atoms with van der Waals surface area (Å²) in [7, 11) is 0. The first kappa shape index (κ1) is 14.1. The van der Waals surface area contributed by atoms with Gasteiger partial charge in [-0.3, -0.25) is 4.79 Å². The van der Waals surface area contributed by atoms with E-state index >= 15 is 0 Å². The lowest BCUT2D eigenvalue weighted by Gasteiger charge is -2.04. The Bertz CT molecular complexity index is 632. The van der Waals surface area contributed by atoms with Crippen molar-refractivity contribution in [3.8, 4) is 0 Å². The molecule has 0 unspecified atom stereocenters. The molecule has 0 saturated heterocycles. The Kier molecular flexibility index (Phi) is 4.71. The van der Waals surface area contributed by atoms with Crippen LogP contribution in [-0.4, -0.2) is 15.8 Å². The molecule has 1 aromatic heterocycles. The quantitative estimate of drug-likeness (QED) is 0.850. The number of hydrogen-bond acceptors (Lipinski definition) is 2. The van der Waals surface area contributed by atoms with Crippen LogP contribution in [0.15, 0.2) is 53.5 Å². The van der Waals surface area contributed by atoms with Gasteiger partial charge in [0.2, 0.25) is 0 Å². The highest BCUT2D eigenvalue weighted by Crippen LogP contribution is 2.08. The molecule has 4 heteroatoms. The molecule has 0 aliphatic rings. The number of hydrogen-bond donors (Lipinski definition) is 1. The number of unbranched alkanes of at least 4 members (excludes halogenated alkanes) is 1. The molecule has 0 fully saturated rings. The van der Waals surface area contributed by atoms with Crippen LogP contribution in [0.3, 0.4) is 0 Å². The van der Waals surface area contributed by atoms with E-state index in [1.54, 1.807) is 6.07 Å². The number of aryl methyl sites for hydroxylation is 2. The summed E-state index contributed by atoms with van der Waals surface area (Å²) in [5.41, 5.74) is 1.72. The summed E-state index contributed by atoms with van der Waals surface area (Å²) in [5.74, 6) is 0. The molecule has 0 saturated carbocycles. The standard InChI is InChI=1S/C16H17NO3/c18-15-12-14(10-11-17(15)16(19)20)9-5-4-8-13-6-2-1-3-7-13/h1-3,6-7,10-12H,4-5,8-9H2,(H,19,20). The molecule has 0 spiro atoms. The van der Waals surface area contributed by atoms with Gasteiger partial charge in [-0.1, -0.05) is 30.3 Å². The van der Waals surface area contributed by atoms with E-state index in [1.807, 2.05) is 18.2 Å². The maximum atomic E-state index is 11.5. The van der Waals surface area contributed by atoms with E-state index in [0.717, 1.165) is 31.2 Å². The molecule has 104 valence electrons. The Morgan fingerprint density at radius 3 is 2.25 bits per heavy atom. The van der Waals surface area contributed by atoms with Gasteiger partial charge in [0.05, 0.1) is 0 Å². The molecule has 0 atom stereocenters. The second kappa shape index (κ2) is 6.70. The normalized spacial score (nSPS) is 10.4. The fourth-order valence-corrected chi connectivity index (χ4v) is 2.14. The summed E-state index contributed by atoms with van der Waals surface area (Å²) < 4.78 is 0.688. The van der Waals surface area contributed by atoms with Crippen molar-refractivity contribution in [2.24, 2.45) is 0 Å². The Morgan fingerprint density at radius 2 is 1.65 bits per heavy atom. The molecule has 1 heterocycles. The van der Waals surface area contributed by atoms with Crippen molar-refractivity contribution >= 4 is 6.09 Å². The number of aromatic nitrogens is 1. The molecule has 0 radical (unpaired) electrons. The van der Waals surface area contributed by atoms with E-state index in [4.69, 9.17) is 5.11 Å². The molecule has 1 N–H and O–H groups in total. The van der Waals surface area contributed by atoms with Gasteiger partial charge in [0.15, 0.2) is 0 Å². The average Bonchev–Trinajstić information content (AvgIpc) is 2.44. The highest BCUT2D eigenvalue weighted by molar-refractivity contribution is 5.67. The van der Waals surface area contributed by atoms with E-state index in [0.29, 0.717) is 4.57 Å². The van der Waals surface area contributed by atoms with E-state index in [1.165, 1.54) is 17.8 Å². The van der Waals surface area contributed by atoms with Crippen molar-refractivity contribution in [1.29, 1.82) is 0 Å². The Hall–Kier alpha value is -2.36. The number of rotatable bonds is 5. The lowest BCUT2D eigenvalue weighted by atomic mass is 10.0. The van der Waals surface area contributed by atoms with Crippen LogP contribution < -0.4 is 5.56 Å². The van der Waals surface area contributed by atoms with Crippen molar-refractivity contribution < 1.29 is 9.90 Å². The van der Waals surface area contributed by atoms with Crippen LogP contribution in [0.2, 0.25) is 0 Å². The first-order valence-corrected chi connectivity index (χ1v) is 6.65. The number of pyridine rings is 1. The van der Waals surface area contributed by atoms with Gasteiger partial charge < -0.3 is 5.11 Å². The van der Waals surface area contributed by atoms with Gasteiger partial charge in [-0.2, -0.15) is 0 Å². The highest BCUT2D eigenvalue weighted by atomic mass is 16.4. The Morgan fingerprint density at radius 1 is 1.00 bits per heavy atom. The van der Waals surface area contributed by atoms with E-state index in [-0.39, 0.29) is 0 Å². The van der Waals surface area contributed by atoms with Crippen molar-refractivity contribution in [2.45, 2.75) is 25.7 Å². The SMILES string of the molecule is O=C(O)n1ccc(CCCCc2ccccc2)cc1=O. The molecule has 4 nitrogen and oxygen atoms in total. The minimum atomic E-state index is -1.24. The third-order valence-electron chi connectivity index (χ3n) is 3.21. The number of carbonyl (C=O) groups is 1. The van der Waals surface area contributed by atoms with E-state index in [2.05, 4.69) is 12.1 Å². The molecule has 2 rings (SSSR count). The zero-order valence-corrected chi connectivity index (χ0v) is 11.2. The number of nitrogens with zero attached hydrogens (tertiary/aromatic N) is 1. The van der Waals surface area contributed by atoms with Gasteiger partial charge in [0.1, 0.15) is 0 Å². The first-order valence-electron chi connectivity index (χ1n) is 6.65. The summed E-state index contributed by atoms with van der Waals surface area (Å²) in [5, 5.41) is 8.76. The molecular weight excluding hydrogens is 254 g/mol. The van der Waals surface area contributed by atoms with Gasteiger partial charge in [0, 0.05) is 12.3 Å². The molecular formula is C16H17NO3. The molecule has 0 aliphatic carbocycles. The third kappa shape index (κ3) is 3.82. The highest BCUT2D eigenvalue weighted by Gasteiger charge is 2.04. The minimum absolute atomic E-state index is 0.488. The lowest BCUT2D eigenvalue weighted by molar-refractivity contribution is 0.195. The summed E-state index contributed by atoms with van der Waals surface area (Å²) in [6.45, 7) is 0. The molecule has 0 bridgehead atoms. The van der Waals surface area contributed by atoms with Crippen molar-refractivity contribution in [1.82, 2.24) is 4.57 Å². The van der Waals surface area contributed by atoms with Gasteiger partial charge >= 0.3 is 6.09 Å². The van der Waals surface area contributed by atoms with Crippen LogP contribution >= 0.6 is 0 Å². The fourth-order valence-electron chi connectivity index (χ4n) is 2.14. The van der Waals surface area contributed by atoms with Crippen LogP contribution in [0.1, 0.15) is 24.0 Å². The van der Waals surface area contributed by atoms with Crippen LogP contribution in [0.5, 0.6) is 0 Å². The van der Waals surface area contributed by atoms with Gasteiger partial charge in [0.25, 0.3) is 5.56 Å². The van der Waals surface area contributed by atoms with Gasteiger partial charge in [-0.25, -0.2) is 9.36 Å². The van der Waals surface area contributed by atoms with Gasteiger partial charge in [-0.15, -0.1) is 0 Å². The zero-order valence-electron chi connectivity index (χ0n) is 11.2. The summed E-state index contributed by atoms with van der Waals surface area (Å²) in [4.78, 5) is 22.2. The van der Waals surface area contributed by atoms with E-state index < -0.39 is 11.7 Å². The first-order chi connectivity index (χ1) is 9.66. The second-order valence-electron chi connectivity index (χ2n) is 4.72. The topological polar surface area (TPSA) is 59.3 Å². The van der Waals surface area contributed by atoms with E-state index in [9.17, 15) is 9.59 Å². The summed E-state index contributed by atoms with van der Waals surface area (Å²) in [6.07, 6.45) is 3.91. The predicted molar refractivity (Wildman–Crippen MR) is 77.2 cm³/mol. The summed E-state index contributed by atoms with van der Waals surface area (Å²) >= 11 is 0. The predicted octanol–water partition coefficient (Wildman–Crippen LogP) is 2.94. The minimum Gasteiger partial charge on any atom is -0.464 e.